The molecular weight excluding hydrogens is 279 g/mol. The maximum absolute atomic E-state index is 5.50. The van der Waals surface area contributed by atoms with E-state index in [9.17, 15) is 0 Å². The summed E-state index contributed by atoms with van der Waals surface area (Å²) < 4.78 is 13.7. The summed E-state index contributed by atoms with van der Waals surface area (Å²) in [7, 11) is 0. The van der Waals surface area contributed by atoms with Crippen LogP contribution in [0.2, 0.25) is 0 Å². The SMILES string of the molecule is CC[I-]c1ccc2c(c1)OCCO2. The molecule has 0 fully saturated rings. The molecule has 0 unspecified atom stereocenters. The van der Waals surface area contributed by atoms with Crippen molar-refractivity contribution in [3.05, 3.63) is 21.8 Å². The second kappa shape index (κ2) is 4.17. The zero-order valence-electron chi connectivity index (χ0n) is 7.55. The third-order valence-corrected chi connectivity index (χ3v) is 4.11. The van der Waals surface area contributed by atoms with Crippen molar-refractivity contribution in [2.24, 2.45) is 0 Å². The minimum atomic E-state index is 0.177. The van der Waals surface area contributed by atoms with E-state index in [1.807, 2.05) is 6.07 Å². The summed E-state index contributed by atoms with van der Waals surface area (Å²) in [6.07, 6.45) is 0. The first-order valence-electron chi connectivity index (χ1n) is 4.39. The molecule has 3 heteroatoms. The minimum absolute atomic E-state index is 0.177. The number of ether oxygens (including phenoxy) is 2. The van der Waals surface area contributed by atoms with Crippen LogP contribution in [-0.2, 0) is 0 Å². The standard InChI is InChI=1S/C10H12IO2/c1-2-11-8-3-4-9-10(7-8)13-6-5-12-9/h3-4,7H,2,5-6H2,1H3/q-1. The third kappa shape index (κ3) is 2.07. The molecule has 0 radical (unpaired) electrons. The fourth-order valence-electron chi connectivity index (χ4n) is 1.25. The van der Waals surface area contributed by atoms with E-state index < -0.39 is 0 Å². The Kier molecular flexibility index (Phi) is 2.93. The van der Waals surface area contributed by atoms with E-state index in [0.29, 0.717) is 13.2 Å². The maximum atomic E-state index is 5.50. The monoisotopic (exact) mass is 291 g/mol. The van der Waals surface area contributed by atoms with Crippen LogP contribution in [0.15, 0.2) is 18.2 Å². The molecule has 0 aromatic heterocycles. The van der Waals surface area contributed by atoms with Crippen LogP contribution < -0.4 is 30.7 Å². The van der Waals surface area contributed by atoms with E-state index in [2.05, 4.69) is 19.1 Å². The summed E-state index contributed by atoms with van der Waals surface area (Å²) in [5, 5.41) is 0. The molecule has 1 aliphatic rings. The van der Waals surface area contributed by atoms with Crippen molar-refractivity contribution in [3.8, 4) is 11.5 Å². The Morgan fingerprint density at radius 1 is 1.23 bits per heavy atom. The van der Waals surface area contributed by atoms with Crippen molar-refractivity contribution in [1.82, 2.24) is 0 Å². The number of hydrogen-bond donors (Lipinski definition) is 0. The van der Waals surface area contributed by atoms with Crippen molar-refractivity contribution in [3.63, 3.8) is 0 Å². The fraction of sp³-hybridized carbons (Fsp3) is 0.400. The van der Waals surface area contributed by atoms with Gasteiger partial charge in [0.15, 0.2) is 0 Å². The van der Waals surface area contributed by atoms with Crippen molar-refractivity contribution in [2.45, 2.75) is 6.92 Å². The molecule has 72 valence electrons. The molecule has 0 saturated carbocycles. The van der Waals surface area contributed by atoms with Crippen LogP contribution in [0.5, 0.6) is 11.5 Å². The van der Waals surface area contributed by atoms with Crippen molar-refractivity contribution < 1.29 is 30.7 Å². The summed E-state index contributed by atoms with van der Waals surface area (Å²) in [5.74, 6) is 1.83. The molecule has 1 heterocycles. The van der Waals surface area contributed by atoms with Gasteiger partial charge in [-0.05, 0) is 0 Å². The second-order valence-corrected chi connectivity index (χ2v) is 6.22. The van der Waals surface area contributed by atoms with Gasteiger partial charge in [-0.1, -0.05) is 0 Å². The molecule has 0 bridgehead atoms. The molecule has 0 aliphatic carbocycles. The van der Waals surface area contributed by atoms with Crippen LogP contribution in [0, 0.1) is 3.57 Å². The molecule has 1 aromatic rings. The molecule has 0 atom stereocenters. The van der Waals surface area contributed by atoms with Crippen molar-refractivity contribution >= 4 is 0 Å². The number of benzene rings is 1. The van der Waals surface area contributed by atoms with Gasteiger partial charge >= 0.3 is 88.5 Å². The Balaban J connectivity index is 2.24. The Labute approximate surface area is 88.5 Å². The van der Waals surface area contributed by atoms with Gasteiger partial charge in [-0.3, -0.25) is 0 Å². The van der Waals surface area contributed by atoms with Gasteiger partial charge in [0, 0.05) is 0 Å². The third-order valence-electron chi connectivity index (χ3n) is 1.79. The van der Waals surface area contributed by atoms with Gasteiger partial charge in [0.1, 0.15) is 0 Å². The zero-order valence-corrected chi connectivity index (χ0v) is 9.71. The molecule has 1 aromatic carbocycles. The number of hydrogen-bond acceptors (Lipinski definition) is 2. The van der Waals surface area contributed by atoms with E-state index in [0.717, 1.165) is 11.5 Å². The van der Waals surface area contributed by atoms with Crippen LogP contribution in [0.1, 0.15) is 6.92 Å². The topological polar surface area (TPSA) is 18.5 Å². The van der Waals surface area contributed by atoms with Gasteiger partial charge in [-0.2, -0.15) is 0 Å². The van der Waals surface area contributed by atoms with E-state index in [4.69, 9.17) is 9.47 Å². The molecule has 0 amide bonds. The Morgan fingerprint density at radius 3 is 2.77 bits per heavy atom. The van der Waals surface area contributed by atoms with Gasteiger partial charge in [-0.15, -0.1) is 0 Å². The predicted octanol–water partition coefficient (Wildman–Crippen LogP) is -1.26. The van der Waals surface area contributed by atoms with E-state index >= 15 is 0 Å². The van der Waals surface area contributed by atoms with Crippen LogP contribution in [0.4, 0.5) is 0 Å². The normalized spacial score (nSPS) is 14.5. The van der Waals surface area contributed by atoms with E-state index in [1.54, 1.807) is 0 Å². The molecule has 0 N–H and O–H groups in total. The molecule has 0 saturated heterocycles. The summed E-state index contributed by atoms with van der Waals surface area (Å²) in [6, 6.07) is 6.31. The molecule has 2 nitrogen and oxygen atoms in total. The average molecular weight is 291 g/mol. The van der Waals surface area contributed by atoms with Crippen molar-refractivity contribution in [2.75, 3.05) is 17.6 Å². The van der Waals surface area contributed by atoms with E-state index in [-0.39, 0.29) is 21.2 Å². The van der Waals surface area contributed by atoms with Crippen LogP contribution in [0.3, 0.4) is 0 Å². The fourth-order valence-corrected chi connectivity index (χ4v) is 3.07. The van der Waals surface area contributed by atoms with E-state index in [1.165, 1.54) is 8.00 Å². The molecular formula is C10H12IO2-. The number of alkyl halides is 1. The average Bonchev–Trinajstić information content (AvgIpc) is 2.18. The van der Waals surface area contributed by atoms with Gasteiger partial charge in [0.2, 0.25) is 0 Å². The van der Waals surface area contributed by atoms with Crippen LogP contribution in [0.25, 0.3) is 0 Å². The first-order valence-corrected chi connectivity index (χ1v) is 6.99. The van der Waals surface area contributed by atoms with Gasteiger partial charge in [0.05, 0.1) is 0 Å². The molecule has 1 aliphatic heterocycles. The van der Waals surface area contributed by atoms with Gasteiger partial charge in [-0.25, -0.2) is 0 Å². The quantitative estimate of drug-likeness (QED) is 0.500. The number of rotatable bonds is 2. The van der Waals surface area contributed by atoms with Gasteiger partial charge in [0.25, 0.3) is 0 Å². The Hall–Kier alpha value is -0.450. The number of halogens is 1. The zero-order chi connectivity index (χ0) is 9.10. The number of fused-ring (bicyclic) bond motifs is 1. The summed E-state index contributed by atoms with van der Waals surface area (Å²) in [6.45, 7) is 3.58. The van der Waals surface area contributed by atoms with Crippen molar-refractivity contribution in [1.29, 1.82) is 0 Å². The molecule has 0 spiro atoms. The molecule has 2 rings (SSSR count). The summed E-state index contributed by atoms with van der Waals surface area (Å²) in [5.41, 5.74) is 0. The predicted molar refractivity (Wildman–Crippen MR) is 46.7 cm³/mol. The van der Waals surface area contributed by atoms with Crippen LogP contribution in [-0.4, -0.2) is 17.6 Å². The summed E-state index contributed by atoms with van der Waals surface area (Å²) >= 11 is 0.177. The first kappa shape index (κ1) is 9.12. The Morgan fingerprint density at radius 2 is 2.00 bits per heavy atom. The summed E-state index contributed by atoms with van der Waals surface area (Å²) in [4.78, 5) is 0. The molecule has 13 heavy (non-hydrogen) atoms. The van der Waals surface area contributed by atoms with Gasteiger partial charge < -0.3 is 0 Å². The second-order valence-electron chi connectivity index (χ2n) is 2.69. The first-order chi connectivity index (χ1) is 6.40. The van der Waals surface area contributed by atoms with Crippen LogP contribution >= 0.6 is 0 Å². The Bertz CT molecular complexity index is 299.